The largest absolute Gasteiger partial charge is 0.197 e. The molecule has 0 heterocycles. The van der Waals surface area contributed by atoms with Gasteiger partial charge >= 0.3 is 0 Å². The first-order valence-corrected chi connectivity index (χ1v) is 3.71. The maximum absolute atomic E-state index is 8.52. The molecule has 2 atom stereocenters. The highest BCUT2D eigenvalue weighted by molar-refractivity contribution is 7.17. The van der Waals surface area contributed by atoms with Crippen molar-refractivity contribution in [2.24, 2.45) is 0 Å². The predicted octanol–water partition coefficient (Wildman–Crippen LogP) is 2.13. The van der Waals surface area contributed by atoms with Crippen LogP contribution in [-0.2, 0) is 0 Å². The van der Waals surface area contributed by atoms with E-state index < -0.39 is 0 Å². The Balaban J connectivity index is 2.88. The molecule has 1 aromatic carbocycles. The summed E-state index contributed by atoms with van der Waals surface area (Å²) in [6, 6.07) is 11.8. The van der Waals surface area contributed by atoms with Crippen molar-refractivity contribution >= 4 is 9.24 Å². The van der Waals surface area contributed by atoms with E-state index in [2.05, 4.69) is 15.3 Å². The Labute approximate surface area is 62.9 Å². The molecule has 0 aliphatic carbocycles. The average molecular weight is 149 g/mol. The standard InChI is InChI=1S/C8H8NP/c9-6-8(10)7-4-2-1-3-5-7/h1-5,8H,10H2. The number of rotatable bonds is 1. The first kappa shape index (κ1) is 7.25. The van der Waals surface area contributed by atoms with E-state index in [9.17, 15) is 0 Å². The number of hydrogen-bond acceptors (Lipinski definition) is 1. The van der Waals surface area contributed by atoms with E-state index in [1.54, 1.807) is 0 Å². The summed E-state index contributed by atoms with van der Waals surface area (Å²) in [5.41, 5.74) is 0.983. The van der Waals surface area contributed by atoms with Crippen LogP contribution >= 0.6 is 9.24 Å². The van der Waals surface area contributed by atoms with Crippen molar-refractivity contribution in [2.45, 2.75) is 5.66 Å². The summed E-state index contributed by atoms with van der Waals surface area (Å²) in [5, 5.41) is 8.52. The SMILES string of the molecule is N#CC(P)c1ccccc1. The van der Waals surface area contributed by atoms with Crippen molar-refractivity contribution in [3.63, 3.8) is 0 Å². The second-order valence-corrected chi connectivity index (χ2v) is 2.68. The minimum Gasteiger partial charge on any atom is -0.197 e. The fourth-order valence-corrected chi connectivity index (χ4v) is 0.957. The van der Waals surface area contributed by atoms with Gasteiger partial charge in [0.15, 0.2) is 0 Å². The van der Waals surface area contributed by atoms with Crippen LogP contribution in [0.15, 0.2) is 30.3 Å². The maximum Gasteiger partial charge on any atom is 0.0851 e. The monoisotopic (exact) mass is 149 g/mol. The van der Waals surface area contributed by atoms with Crippen LogP contribution < -0.4 is 0 Å². The molecule has 1 nitrogen and oxygen atoms in total. The van der Waals surface area contributed by atoms with Crippen molar-refractivity contribution in [3.8, 4) is 6.07 Å². The van der Waals surface area contributed by atoms with Crippen LogP contribution in [0.2, 0.25) is 0 Å². The molecular formula is C8H8NP. The Morgan fingerprint density at radius 1 is 1.30 bits per heavy atom. The van der Waals surface area contributed by atoms with E-state index in [4.69, 9.17) is 5.26 Å². The summed E-state index contributed by atoms with van der Waals surface area (Å²) >= 11 is 0. The second-order valence-electron chi connectivity index (χ2n) is 2.02. The Bertz CT molecular complexity index is 237. The summed E-state index contributed by atoms with van der Waals surface area (Å²) in [5.74, 6) is 0. The smallest absolute Gasteiger partial charge is 0.0851 e. The van der Waals surface area contributed by atoms with Crippen LogP contribution in [0.5, 0.6) is 0 Å². The van der Waals surface area contributed by atoms with Gasteiger partial charge in [-0.05, 0) is 5.56 Å². The van der Waals surface area contributed by atoms with Crippen LogP contribution in [0, 0.1) is 11.3 Å². The van der Waals surface area contributed by atoms with Crippen molar-refractivity contribution in [1.29, 1.82) is 5.26 Å². The molecule has 2 heteroatoms. The van der Waals surface area contributed by atoms with Gasteiger partial charge in [0.05, 0.1) is 11.7 Å². The number of nitrogens with zero attached hydrogens (tertiary/aromatic N) is 1. The van der Waals surface area contributed by atoms with Crippen molar-refractivity contribution in [1.82, 2.24) is 0 Å². The molecule has 0 aromatic heterocycles. The van der Waals surface area contributed by atoms with E-state index in [0.29, 0.717) is 0 Å². The lowest BCUT2D eigenvalue weighted by Crippen LogP contribution is -1.82. The Kier molecular flexibility index (Phi) is 2.42. The molecule has 1 rings (SSSR count). The first-order chi connectivity index (χ1) is 4.84. The van der Waals surface area contributed by atoms with Gasteiger partial charge in [-0.25, -0.2) is 0 Å². The van der Waals surface area contributed by atoms with Gasteiger partial charge in [0.2, 0.25) is 0 Å². The summed E-state index contributed by atoms with van der Waals surface area (Å²) in [6.45, 7) is 0. The fourth-order valence-electron chi connectivity index (χ4n) is 0.735. The molecule has 0 fully saturated rings. The number of nitriles is 1. The number of benzene rings is 1. The first-order valence-electron chi connectivity index (χ1n) is 3.04. The maximum atomic E-state index is 8.52. The summed E-state index contributed by atoms with van der Waals surface area (Å²) in [6.07, 6.45) is 0. The van der Waals surface area contributed by atoms with Gasteiger partial charge in [0.25, 0.3) is 0 Å². The fraction of sp³-hybridized carbons (Fsp3) is 0.125. The average Bonchev–Trinajstić information content (AvgIpc) is 2.05. The predicted molar refractivity (Wildman–Crippen MR) is 44.5 cm³/mol. The third kappa shape index (κ3) is 1.56. The molecule has 0 radical (unpaired) electrons. The van der Waals surface area contributed by atoms with E-state index in [1.807, 2.05) is 30.3 Å². The van der Waals surface area contributed by atoms with Crippen LogP contribution in [-0.4, -0.2) is 0 Å². The van der Waals surface area contributed by atoms with Gasteiger partial charge in [0, 0.05) is 0 Å². The molecule has 0 N–H and O–H groups in total. The van der Waals surface area contributed by atoms with Crippen LogP contribution in [0.25, 0.3) is 0 Å². The highest BCUT2D eigenvalue weighted by atomic mass is 31.0. The van der Waals surface area contributed by atoms with Crippen LogP contribution in [0.3, 0.4) is 0 Å². The summed E-state index contributed by atoms with van der Waals surface area (Å²) in [7, 11) is 2.49. The van der Waals surface area contributed by atoms with Crippen molar-refractivity contribution in [3.05, 3.63) is 35.9 Å². The molecule has 0 amide bonds. The molecule has 0 saturated heterocycles. The molecule has 1 aromatic rings. The van der Waals surface area contributed by atoms with E-state index in [1.165, 1.54) is 0 Å². The third-order valence-corrected chi connectivity index (χ3v) is 1.83. The van der Waals surface area contributed by atoms with Gasteiger partial charge in [-0.2, -0.15) is 5.26 Å². The molecular weight excluding hydrogens is 141 g/mol. The molecule has 0 bridgehead atoms. The molecule has 0 spiro atoms. The Morgan fingerprint density at radius 3 is 2.40 bits per heavy atom. The van der Waals surface area contributed by atoms with E-state index >= 15 is 0 Å². The molecule has 10 heavy (non-hydrogen) atoms. The van der Waals surface area contributed by atoms with Crippen molar-refractivity contribution in [2.75, 3.05) is 0 Å². The molecule has 2 unspecified atom stereocenters. The molecule has 50 valence electrons. The van der Waals surface area contributed by atoms with Gasteiger partial charge in [0.1, 0.15) is 0 Å². The minimum absolute atomic E-state index is 0.0683. The lowest BCUT2D eigenvalue weighted by atomic mass is 10.2. The Hall–Kier alpha value is -0.860. The number of hydrogen-bond donors (Lipinski definition) is 0. The highest BCUT2D eigenvalue weighted by Crippen LogP contribution is 2.20. The zero-order chi connectivity index (χ0) is 7.40. The van der Waals surface area contributed by atoms with Gasteiger partial charge in [-0.3, -0.25) is 0 Å². The van der Waals surface area contributed by atoms with Gasteiger partial charge in [-0.15, -0.1) is 9.24 Å². The summed E-state index contributed by atoms with van der Waals surface area (Å²) < 4.78 is 0. The van der Waals surface area contributed by atoms with Crippen molar-refractivity contribution < 1.29 is 0 Å². The zero-order valence-electron chi connectivity index (χ0n) is 5.49. The lowest BCUT2D eigenvalue weighted by Gasteiger charge is -1.98. The van der Waals surface area contributed by atoms with Gasteiger partial charge in [-0.1, -0.05) is 30.3 Å². The zero-order valence-corrected chi connectivity index (χ0v) is 6.64. The minimum atomic E-state index is -0.0683. The third-order valence-electron chi connectivity index (χ3n) is 1.30. The Morgan fingerprint density at radius 2 is 1.90 bits per heavy atom. The molecule has 0 saturated carbocycles. The van der Waals surface area contributed by atoms with Gasteiger partial charge < -0.3 is 0 Å². The van der Waals surface area contributed by atoms with E-state index in [-0.39, 0.29) is 5.66 Å². The lowest BCUT2D eigenvalue weighted by molar-refractivity contribution is 1.23. The van der Waals surface area contributed by atoms with Crippen LogP contribution in [0.1, 0.15) is 11.2 Å². The topological polar surface area (TPSA) is 23.8 Å². The summed E-state index contributed by atoms with van der Waals surface area (Å²) in [4.78, 5) is 0. The van der Waals surface area contributed by atoms with E-state index in [0.717, 1.165) is 5.56 Å². The normalized spacial score (nSPS) is 12.0. The molecule has 0 aliphatic heterocycles. The second kappa shape index (κ2) is 3.34. The highest BCUT2D eigenvalue weighted by Gasteiger charge is 1.99. The quantitative estimate of drug-likeness (QED) is 0.561. The van der Waals surface area contributed by atoms with Crippen LogP contribution in [0.4, 0.5) is 0 Å². The molecule has 0 aliphatic rings.